The lowest BCUT2D eigenvalue weighted by molar-refractivity contribution is -0.113. The topological polar surface area (TPSA) is 90.3 Å². The maximum Gasteiger partial charge on any atom is 0.255 e. The average molecular weight is 502 g/mol. The quantitative estimate of drug-likeness (QED) is 0.350. The molecule has 2 heterocycles. The number of ether oxygens (including phenoxy) is 2. The minimum absolute atomic E-state index is 0.237. The van der Waals surface area contributed by atoms with Crippen LogP contribution in [0.1, 0.15) is 24.1 Å². The van der Waals surface area contributed by atoms with Crippen LogP contribution >= 0.6 is 11.6 Å². The standard InChI is InChI=1S/C27H24ClN5O3/c1-17-24(26(34)32-21-9-13-22(35-2)14-10-21)25(33-27(31-17)29-16-30-33)19-5-11-23(12-6-19)36-15-18-3-7-20(28)8-4-18/h3-14,16,25H,15H2,1-2H3,(H,32,34)(H,29,30,31)/t25-/m1/s1. The molecule has 4 aromatic rings. The van der Waals surface area contributed by atoms with Crippen molar-refractivity contribution in [3.05, 3.63) is 107 Å². The first-order valence-corrected chi connectivity index (χ1v) is 11.7. The molecule has 0 unspecified atom stereocenters. The van der Waals surface area contributed by atoms with Crippen LogP contribution < -0.4 is 20.1 Å². The third-order valence-corrected chi connectivity index (χ3v) is 6.15. The minimum Gasteiger partial charge on any atom is -0.497 e. The fraction of sp³-hybridized carbons (Fsp3) is 0.148. The van der Waals surface area contributed by atoms with Gasteiger partial charge < -0.3 is 20.1 Å². The van der Waals surface area contributed by atoms with Crippen molar-refractivity contribution in [2.75, 3.05) is 17.7 Å². The first-order valence-electron chi connectivity index (χ1n) is 11.3. The number of fused-ring (bicyclic) bond motifs is 1. The molecule has 2 N–H and O–H groups in total. The zero-order chi connectivity index (χ0) is 25.1. The van der Waals surface area contributed by atoms with Crippen molar-refractivity contribution in [1.29, 1.82) is 0 Å². The van der Waals surface area contributed by atoms with E-state index in [2.05, 4.69) is 20.7 Å². The number of carbonyl (C=O) groups excluding carboxylic acids is 1. The van der Waals surface area contributed by atoms with Crippen LogP contribution in [-0.4, -0.2) is 27.8 Å². The third kappa shape index (κ3) is 4.89. The number of halogens is 1. The monoisotopic (exact) mass is 501 g/mol. The molecule has 0 radical (unpaired) electrons. The summed E-state index contributed by atoms with van der Waals surface area (Å²) in [5.41, 5.74) is 3.80. The molecular formula is C27H24ClN5O3. The third-order valence-electron chi connectivity index (χ3n) is 5.90. The van der Waals surface area contributed by atoms with E-state index in [1.807, 2.05) is 55.5 Å². The fourth-order valence-corrected chi connectivity index (χ4v) is 4.19. The SMILES string of the molecule is COc1ccc(NC(=O)C2=C(C)Nc3ncnn3[C@@H]2c2ccc(OCc3ccc(Cl)cc3)cc2)cc1. The lowest BCUT2D eigenvalue weighted by Crippen LogP contribution is -2.31. The zero-order valence-corrected chi connectivity index (χ0v) is 20.5. The molecule has 1 aliphatic heterocycles. The maximum atomic E-state index is 13.5. The second kappa shape index (κ2) is 10.1. The molecule has 0 aliphatic carbocycles. The van der Waals surface area contributed by atoms with Crippen molar-refractivity contribution in [1.82, 2.24) is 14.8 Å². The molecular weight excluding hydrogens is 478 g/mol. The highest BCUT2D eigenvalue weighted by Crippen LogP contribution is 2.36. The molecule has 3 aromatic carbocycles. The van der Waals surface area contributed by atoms with Gasteiger partial charge in [-0.1, -0.05) is 35.9 Å². The number of hydrogen-bond acceptors (Lipinski definition) is 6. The van der Waals surface area contributed by atoms with Gasteiger partial charge in [-0.05, 0) is 66.6 Å². The van der Waals surface area contributed by atoms with E-state index >= 15 is 0 Å². The van der Waals surface area contributed by atoms with E-state index in [-0.39, 0.29) is 5.91 Å². The molecule has 1 amide bonds. The summed E-state index contributed by atoms with van der Waals surface area (Å²) in [6, 6.07) is 21.9. The second-order valence-corrected chi connectivity index (χ2v) is 8.70. The Bertz CT molecular complexity index is 1400. The summed E-state index contributed by atoms with van der Waals surface area (Å²) < 4.78 is 12.8. The van der Waals surface area contributed by atoms with Gasteiger partial charge in [-0.15, -0.1) is 0 Å². The van der Waals surface area contributed by atoms with Crippen LogP contribution in [0.2, 0.25) is 5.02 Å². The van der Waals surface area contributed by atoms with E-state index in [1.165, 1.54) is 6.33 Å². The van der Waals surface area contributed by atoms with E-state index in [4.69, 9.17) is 21.1 Å². The lowest BCUT2D eigenvalue weighted by Gasteiger charge is -2.28. The van der Waals surface area contributed by atoms with Crippen LogP contribution in [-0.2, 0) is 11.4 Å². The Morgan fingerprint density at radius 2 is 1.72 bits per heavy atom. The molecule has 0 saturated heterocycles. The number of methoxy groups -OCH3 is 1. The Morgan fingerprint density at radius 3 is 2.42 bits per heavy atom. The summed E-state index contributed by atoms with van der Waals surface area (Å²) in [5.74, 6) is 1.76. The van der Waals surface area contributed by atoms with Crippen molar-refractivity contribution in [2.45, 2.75) is 19.6 Å². The number of nitrogens with zero attached hydrogens (tertiary/aromatic N) is 3. The number of rotatable bonds is 7. The Balaban J connectivity index is 1.39. The van der Waals surface area contributed by atoms with Crippen LogP contribution in [0.15, 0.2) is 90.4 Å². The van der Waals surface area contributed by atoms with E-state index in [1.54, 1.807) is 36.1 Å². The van der Waals surface area contributed by atoms with Gasteiger partial charge in [0.2, 0.25) is 5.95 Å². The van der Waals surface area contributed by atoms with Crippen molar-refractivity contribution in [2.24, 2.45) is 0 Å². The molecule has 0 fully saturated rings. The smallest absolute Gasteiger partial charge is 0.255 e. The molecule has 9 heteroatoms. The van der Waals surface area contributed by atoms with Gasteiger partial charge in [-0.2, -0.15) is 10.1 Å². The largest absolute Gasteiger partial charge is 0.497 e. The number of amides is 1. The zero-order valence-electron chi connectivity index (χ0n) is 19.7. The highest BCUT2D eigenvalue weighted by Gasteiger charge is 2.33. The van der Waals surface area contributed by atoms with E-state index in [0.717, 1.165) is 11.1 Å². The van der Waals surface area contributed by atoms with Crippen LogP contribution in [0.5, 0.6) is 11.5 Å². The molecule has 0 bridgehead atoms. The Morgan fingerprint density at radius 1 is 1.03 bits per heavy atom. The molecule has 8 nitrogen and oxygen atoms in total. The Kier molecular flexibility index (Phi) is 6.60. The van der Waals surface area contributed by atoms with Crippen LogP contribution in [0.25, 0.3) is 0 Å². The number of aromatic nitrogens is 3. The molecule has 182 valence electrons. The summed E-state index contributed by atoms with van der Waals surface area (Å²) >= 11 is 5.96. The lowest BCUT2D eigenvalue weighted by atomic mass is 9.95. The molecule has 1 aliphatic rings. The predicted octanol–water partition coefficient (Wildman–Crippen LogP) is 5.45. The highest BCUT2D eigenvalue weighted by atomic mass is 35.5. The molecule has 1 atom stereocenters. The van der Waals surface area contributed by atoms with Gasteiger partial charge >= 0.3 is 0 Å². The fourth-order valence-electron chi connectivity index (χ4n) is 4.06. The summed E-state index contributed by atoms with van der Waals surface area (Å²) in [6.45, 7) is 2.28. The van der Waals surface area contributed by atoms with E-state index in [9.17, 15) is 4.79 Å². The van der Waals surface area contributed by atoms with Crippen LogP contribution in [0.4, 0.5) is 11.6 Å². The van der Waals surface area contributed by atoms with Gasteiger partial charge in [0.05, 0.1) is 12.7 Å². The average Bonchev–Trinajstić information content (AvgIpc) is 3.36. The minimum atomic E-state index is -0.465. The molecule has 5 rings (SSSR count). The normalized spacial score (nSPS) is 14.6. The predicted molar refractivity (Wildman–Crippen MR) is 138 cm³/mol. The summed E-state index contributed by atoms with van der Waals surface area (Å²) in [4.78, 5) is 17.8. The molecule has 36 heavy (non-hydrogen) atoms. The second-order valence-electron chi connectivity index (χ2n) is 8.26. The van der Waals surface area contributed by atoms with Crippen LogP contribution in [0.3, 0.4) is 0 Å². The summed E-state index contributed by atoms with van der Waals surface area (Å²) in [7, 11) is 1.60. The van der Waals surface area contributed by atoms with E-state index < -0.39 is 6.04 Å². The molecule has 0 spiro atoms. The van der Waals surface area contributed by atoms with Gasteiger partial charge in [0, 0.05) is 16.4 Å². The number of allylic oxidation sites excluding steroid dienone is 1. The van der Waals surface area contributed by atoms with Crippen molar-refractivity contribution in [3.63, 3.8) is 0 Å². The van der Waals surface area contributed by atoms with Gasteiger partial charge in [0.25, 0.3) is 5.91 Å². The van der Waals surface area contributed by atoms with Gasteiger partial charge in [-0.3, -0.25) is 4.79 Å². The van der Waals surface area contributed by atoms with Gasteiger partial charge in [0.15, 0.2) is 0 Å². The van der Waals surface area contributed by atoms with Crippen molar-refractivity contribution >= 4 is 29.1 Å². The van der Waals surface area contributed by atoms with E-state index in [0.29, 0.717) is 46.0 Å². The van der Waals surface area contributed by atoms with Gasteiger partial charge in [0.1, 0.15) is 30.5 Å². The first-order chi connectivity index (χ1) is 17.5. The number of nitrogens with one attached hydrogen (secondary N) is 2. The molecule has 1 aromatic heterocycles. The Hall–Kier alpha value is -4.30. The van der Waals surface area contributed by atoms with Crippen molar-refractivity contribution < 1.29 is 14.3 Å². The summed E-state index contributed by atoms with van der Waals surface area (Å²) in [6.07, 6.45) is 1.47. The number of anilines is 2. The highest BCUT2D eigenvalue weighted by molar-refractivity contribution is 6.30. The Labute approximate surface area is 213 Å². The maximum absolute atomic E-state index is 13.5. The molecule has 0 saturated carbocycles. The number of carbonyl (C=O) groups is 1. The van der Waals surface area contributed by atoms with Crippen molar-refractivity contribution in [3.8, 4) is 11.5 Å². The summed E-state index contributed by atoms with van der Waals surface area (Å²) in [5, 5.41) is 11.2. The number of hydrogen-bond donors (Lipinski definition) is 2. The van der Waals surface area contributed by atoms with Gasteiger partial charge in [-0.25, -0.2) is 4.68 Å². The first kappa shape index (κ1) is 23.4. The number of benzene rings is 3. The van der Waals surface area contributed by atoms with Crippen LogP contribution in [0, 0.1) is 0 Å².